The van der Waals surface area contributed by atoms with Gasteiger partial charge in [-0.2, -0.15) is 0 Å². The summed E-state index contributed by atoms with van der Waals surface area (Å²) in [5, 5.41) is 15.1. The summed E-state index contributed by atoms with van der Waals surface area (Å²) in [5.74, 6) is -1.21. The maximum Gasteiger partial charge on any atom is 0.338 e. The minimum Gasteiger partial charge on any atom is -0.481 e. The molecule has 2 N–H and O–H groups in total. The second kappa shape index (κ2) is 11.5. The summed E-state index contributed by atoms with van der Waals surface area (Å²) < 4.78 is 29.3. The van der Waals surface area contributed by atoms with Crippen molar-refractivity contribution in [2.45, 2.75) is 19.4 Å². The number of halogens is 2. The Hall–Kier alpha value is -2.51. The van der Waals surface area contributed by atoms with Crippen LogP contribution in [0.4, 0.5) is 0 Å². The molecule has 14 heteroatoms. The number of ether oxygens (including phenoxy) is 1. The first-order valence-corrected chi connectivity index (χ1v) is 14.8. The molecule has 4 rings (SSSR count). The van der Waals surface area contributed by atoms with E-state index < -0.39 is 27.8 Å². The lowest BCUT2D eigenvalue weighted by Crippen LogP contribution is -2.45. The normalized spacial score (nSPS) is 19.8. The summed E-state index contributed by atoms with van der Waals surface area (Å²) in [4.78, 5) is 35.5. The summed E-state index contributed by atoms with van der Waals surface area (Å²) in [6, 6.07) is 4.02. The highest BCUT2D eigenvalue weighted by atomic mass is 35.5. The average Bonchev–Trinajstić information content (AvgIpc) is 3.28. The molecular weight excluding hydrogens is 563 g/mol. The van der Waals surface area contributed by atoms with E-state index in [1.165, 1.54) is 11.3 Å². The van der Waals surface area contributed by atoms with Gasteiger partial charge in [-0.1, -0.05) is 29.3 Å². The number of thiazole rings is 1. The number of carbonyl (C=O) groups excluding carboxylic acids is 1. The maximum atomic E-state index is 13.2. The fourth-order valence-electron chi connectivity index (χ4n) is 4.01. The SMILES string of the molecule is CCOC(=O)C1=C(CN2CCS(=O)(=O)CC2)NC(c2nc(CC(=O)O)cs2)=NC1c1ccc(Cl)cc1Cl. The Morgan fingerprint density at radius 3 is 2.65 bits per heavy atom. The molecule has 0 aliphatic carbocycles. The molecule has 2 aliphatic heterocycles. The average molecular weight is 588 g/mol. The van der Waals surface area contributed by atoms with E-state index in [2.05, 4.69) is 10.3 Å². The molecule has 1 saturated heterocycles. The molecule has 0 bridgehead atoms. The molecule has 2 aliphatic rings. The minimum atomic E-state index is -3.10. The van der Waals surface area contributed by atoms with Crippen LogP contribution in [-0.4, -0.2) is 78.9 Å². The Morgan fingerprint density at radius 2 is 2.00 bits per heavy atom. The van der Waals surface area contributed by atoms with Gasteiger partial charge in [-0.05, 0) is 19.1 Å². The van der Waals surface area contributed by atoms with E-state index in [0.717, 1.165) is 0 Å². The molecule has 0 spiro atoms. The van der Waals surface area contributed by atoms with E-state index in [1.54, 1.807) is 30.5 Å². The van der Waals surface area contributed by atoms with Crippen LogP contribution in [0, 0.1) is 0 Å². The Labute approximate surface area is 227 Å². The summed E-state index contributed by atoms with van der Waals surface area (Å²) in [5.41, 5.74) is 1.62. The number of carbonyl (C=O) groups is 2. The van der Waals surface area contributed by atoms with Crippen LogP contribution in [0.15, 0.2) is 39.8 Å². The molecule has 10 nitrogen and oxygen atoms in total. The van der Waals surface area contributed by atoms with Crippen molar-refractivity contribution in [3.05, 3.63) is 61.2 Å². The number of amidine groups is 1. The molecule has 198 valence electrons. The lowest BCUT2D eigenvalue weighted by molar-refractivity contribution is -0.139. The van der Waals surface area contributed by atoms with Crippen molar-refractivity contribution in [3.63, 3.8) is 0 Å². The van der Waals surface area contributed by atoms with Crippen molar-refractivity contribution in [2.75, 3.05) is 37.7 Å². The molecular formula is C23H24Cl2N4O6S2. The van der Waals surface area contributed by atoms with Gasteiger partial charge in [0.1, 0.15) is 6.04 Å². The first kappa shape index (κ1) is 27.5. The topological polar surface area (TPSA) is 138 Å². The zero-order valence-corrected chi connectivity index (χ0v) is 22.9. The number of sulfone groups is 1. The van der Waals surface area contributed by atoms with Crippen molar-refractivity contribution in [1.29, 1.82) is 0 Å². The number of esters is 1. The Balaban J connectivity index is 1.79. The molecule has 1 aromatic carbocycles. The Bertz CT molecular complexity index is 1380. The van der Waals surface area contributed by atoms with Gasteiger partial charge >= 0.3 is 11.9 Å². The van der Waals surface area contributed by atoms with Crippen LogP contribution in [0.25, 0.3) is 0 Å². The number of nitrogens with one attached hydrogen (secondary N) is 1. The van der Waals surface area contributed by atoms with E-state index in [1.807, 2.05) is 4.90 Å². The third kappa shape index (κ3) is 6.68. The molecule has 2 aromatic rings. The summed E-state index contributed by atoms with van der Waals surface area (Å²) >= 11 is 13.9. The van der Waals surface area contributed by atoms with Gasteiger partial charge < -0.3 is 15.2 Å². The van der Waals surface area contributed by atoms with E-state index in [4.69, 9.17) is 38.0 Å². The molecule has 1 unspecified atom stereocenters. The summed E-state index contributed by atoms with van der Waals surface area (Å²) in [7, 11) is -3.10. The number of aliphatic carboxylic acids is 1. The van der Waals surface area contributed by atoms with Crippen molar-refractivity contribution >= 4 is 62.2 Å². The highest BCUT2D eigenvalue weighted by molar-refractivity contribution is 7.91. The number of carboxylic acids is 1. The van der Waals surface area contributed by atoms with Crippen molar-refractivity contribution in [2.24, 2.45) is 4.99 Å². The smallest absolute Gasteiger partial charge is 0.338 e. The Kier molecular flexibility index (Phi) is 8.54. The molecule has 0 amide bonds. The molecule has 0 saturated carbocycles. The highest BCUT2D eigenvalue weighted by Crippen LogP contribution is 2.37. The van der Waals surface area contributed by atoms with Crippen LogP contribution in [-0.2, 0) is 30.6 Å². The zero-order chi connectivity index (χ0) is 26.7. The number of aliphatic imine (C=N–C) groups is 1. The van der Waals surface area contributed by atoms with Crippen LogP contribution in [0.2, 0.25) is 10.0 Å². The Morgan fingerprint density at radius 1 is 1.27 bits per heavy atom. The van der Waals surface area contributed by atoms with Gasteiger partial charge in [0.15, 0.2) is 20.7 Å². The lowest BCUT2D eigenvalue weighted by Gasteiger charge is -2.32. The molecule has 0 radical (unpaired) electrons. The molecule has 1 aromatic heterocycles. The number of hydrogen-bond acceptors (Lipinski definition) is 10. The molecule has 1 atom stereocenters. The lowest BCUT2D eigenvalue weighted by atomic mass is 9.95. The van der Waals surface area contributed by atoms with E-state index in [0.29, 0.717) is 50.9 Å². The van der Waals surface area contributed by atoms with E-state index >= 15 is 0 Å². The standard InChI is InChI=1S/C23H24Cl2N4O6S2/c1-2-35-23(32)19-17(11-29-5-7-37(33,34)8-6-29)27-21(22-26-14(12-36-22)10-18(30)31)28-20(19)15-4-3-13(24)9-16(15)25/h3-4,9,12,20H,2,5-8,10-11H2,1H3,(H,27,28)(H,30,31). The second-order valence-electron chi connectivity index (χ2n) is 8.43. The van der Waals surface area contributed by atoms with Gasteiger partial charge in [-0.3, -0.25) is 14.7 Å². The van der Waals surface area contributed by atoms with Gasteiger partial charge in [0.05, 0.1) is 35.8 Å². The summed E-state index contributed by atoms with van der Waals surface area (Å²) in [6.45, 7) is 2.69. The van der Waals surface area contributed by atoms with Crippen molar-refractivity contribution in [1.82, 2.24) is 15.2 Å². The monoisotopic (exact) mass is 586 g/mol. The highest BCUT2D eigenvalue weighted by Gasteiger charge is 2.35. The van der Waals surface area contributed by atoms with Gasteiger partial charge in [0, 0.05) is 46.3 Å². The number of rotatable bonds is 8. The fraction of sp³-hybridized carbons (Fsp3) is 0.391. The number of aromatic nitrogens is 1. The first-order valence-electron chi connectivity index (χ1n) is 11.4. The molecule has 1 fully saturated rings. The predicted octanol–water partition coefficient (Wildman–Crippen LogP) is 2.72. The first-order chi connectivity index (χ1) is 17.6. The third-order valence-electron chi connectivity index (χ3n) is 5.78. The number of carboxylic acid groups (broad SMARTS) is 1. The number of benzene rings is 1. The van der Waals surface area contributed by atoms with Crippen LogP contribution < -0.4 is 5.32 Å². The van der Waals surface area contributed by atoms with Gasteiger partial charge in [-0.25, -0.2) is 18.2 Å². The summed E-state index contributed by atoms with van der Waals surface area (Å²) in [6.07, 6.45) is -0.241. The number of hydrogen-bond donors (Lipinski definition) is 2. The minimum absolute atomic E-state index is 0.0213. The maximum absolute atomic E-state index is 13.2. The van der Waals surface area contributed by atoms with Crippen LogP contribution >= 0.6 is 34.5 Å². The van der Waals surface area contributed by atoms with Crippen LogP contribution in [0.5, 0.6) is 0 Å². The van der Waals surface area contributed by atoms with Gasteiger partial charge in [0.2, 0.25) is 0 Å². The number of nitrogens with zero attached hydrogens (tertiary/aromatic N) is 3. The molecule has 3 heterocycles. The van der Waals surface area contributed by atoms with Gasteiger partial charge in [-0.15, -0.1) is 11.3 Å². The van der Waals surface area contributed by atoms with E-state index in [9.17, 15) is 18.0 Å². The van der Waals surface area contributed by atoms with E-state index in [-0.39, 0.29) is 36.7 Å². The second-order valence-corrected chi connectivity index (χ2v) is 12.4. The van der Waals surface area contributed by atoms with Crippen molar-refractivity contribution in [3.8, 4) is 0 Å². The molecule has 37 heavy (non-hydrogen) atoms. The largest absolute Gasteiger partial charge is 0.481 e. The fourth-order valence-corrected chi connectivity index (χ4v) is 6.57. The quantitative estimate of drug-likeness (QED) is 0.447. The third-order valence-corrected chi connectivity index (χ3v) is 8.85. The predicted molar refractivity (Wildman–Crippen MR) is 141 cm³/mol. The van der Waals surface area contributed by atoms with Crippen LogP contribution in [0.3, 0.4) is 0 Å². The van der Waals surface area contributed by atoms with Gasteiger partial charge in [0.25, 0.3) is 0 Å². The zero-order valence-electron chi connectivity index (χ0n) is 19.7. The van der Waals surface area contributed by atoms with Crippen LogP contribution in [0.1, 0.15) is 29.2 Å². The van der Waals surface area contributed by atoms with Crippen molar-refractivity contribution < 1.29 is 27.9 Å².